The fourth-order valence-electron chi connectivity index (χ4n) is 2.01. The smallest absolute Gasteiger partial charge is 0.108 e. The highest BCUT2D eigenvalue weighted by molar-refractivity contribution is 8.00. The third kappa shape index (κ3) is 3.39. The Morgan fingerprint density at radius 1 is 1.27 bits per heavy atom. The zero-order valence-corrected chi connectivity index (χ0v) is 11.9. The molecule has 0 aliphatic carbocycles. The molecule has 0 aromatic heterocycles. The van der Waals surface area contributed by atoms with Crippen LogP contribution in [-0.2, 0) is 4.74 Å². The molecule has 3 unspecified atom stereocenters. The molecule has 1 aliphatic rings. The first kappa shape index (κ1) is 13.4. The van der Waals surface area contributed by atoms with Gasteiger partial charge in [-0.15, -0.1) is 11.8 Å². The number of rotatable bonds is 3. The van der Waals surface area contributed by atoms with E-state index in [9.17, 15) is 0 Å². The van der Waals surface area contributed by atoms with Crippen LogP contribution in [0.2, 0.25) is 0 Å². The molecule has 0 aromatic carbocycles. The summed E-state index contributed by atoms with van der Waals surface area (Å²) < 4.78 is 6.20. The molecule has 0 aromatic rings. The third-order valence-corrected chi connectivity index (χ3v) is 5.11. The summed E-state index contributed by atoms with van der Waals surface area (Å²) in [4.78, 5) is 0. The lowest BCUT2D eigenvalue weighted by Gasteiger charge is -2.25. The summed E-state index contributed by atoms with van der Waals surface area (Å²) in [6.07, 6.45) is 2.91. The number of hydrogen-bond acceptors (Lipinski definition) is 2. The second-order valence-electron chi connectivity index (χ2n) is 6.01. The van der Waals surface area contributed by atoms with Crippen LogP contribution in [0.1, 0.15) is 54.4 Å². The Labute approximate surface area is 99.3 Å². The van der Waals surface area contributed by atoms with Crippen molar-refractivity contribution in [2.24, 2.45) is 11.3 Å². The van der Waals surface area contributed by atoms with Crippen molar-refractivity contribution in [3.8, 4) is 0 Å². The van der Waals surface area contributed by atoms with Crippen LogP contribution in [0, 0.1) is 11.3 Å². The average molecular weight is 230 g/mol. The van der Waals surface area contributed by atoms with E-state index in [1.165, 1.54) is 12.8 Å². The summed E-state index contributed by atoms with van der Waals surface area (Å²) in [6.45, 7) is 13.7. The third-order valence-electron chi connectivity index (χ3n) is 2.88. The molecule has 0 bridgehead atoms. The SMILES string of the molecule is CCCC1OC(C(C)(C)C)SC1C(C)C. The molecule has 0 saturated carbocycles. The van der Waals surface area contributed by atoms with Gasteiger partial charge in [-0.05, 0) is 17.8 Å². The van der Waals surface area contributed by atoms with Gasteiger partial charge in [0.05, 0.1) is 6.10 Å². The van der Waals surface area contributed by atoms with Gasteiger partial charge in [0.1, 0.15) is 5.44 Å². The van der Waals surface area contributed by atoms with Crippen molar-refractivity contribution in [3.63, 3.8) is 0 Å². The topological polar surface area (TPSA) is 9.23 Å². The van der Waals surface area contributed by atoms with Gasteiger partial charge >= 0.3 is 0 Å². The van der Waals surface area contributed by atoms with Crippen LogP contribution in [0.3, 0.4) is 0 Å². The summed E-state index contributed by atoms with van der Waals surface area (Å²) in [5.74, 6) is 0.721. The van der Waals surface area contributed by atoms with E-state index in [-0.39, 0.29) is 5.41 Å². The lowest BCUT2D eigenvalue weighted by Crippen LogP contribution is -2.26. The van der Waals surface area contributed by atoms with Gasteiger partial charge in [-0.2, -0.15) is 0 Å². The van der Waals surface area contributed by atoms with Gasteiger partial charge in [0.15, 0.2) is 0 Å². The first-order valence-corrected chi connectivity index (χ1v) is 7.11. The fraction of sp³-hybridized carbons (Fsp3) is 1.00. The van der Waals surface area contributed by atoms with Gasteiger partial charge in [0, 0.05) is 5.25 Å². The van der Waals surface area contributed by atoms with E-state index < -0.39 is 0 Å². The Balaban J connectivity index is 2.65. The molecule has 0 N–H and O–H groups in total. The molecule has 1 saturated heterocycles. The zero-order valence-electron chi connectivity index (χ0n) is 11.0. The quantitative estimate of drug-likeness (QED) is 0.714. The molecular weight excluding hydrogens is 204 g/mol. The van der Waals surface area contributed by atoms with Crippen LogP contribution in [0.4, 0.5) is 0 Å². The maximum atomic E-state index is 6.20. The molecule has 15 heavy (non-hydrogen) atoms. The summed E-state index contributed by atoms with van der Waals surface area (Å²) in [5, 5.41) is 0.689. The maximum absolute atomic E-state index is 6.20. The highest BCUT2D eigenvalue weighted by Crippen LogP contribution is 2.45. The van der Waals surface area contributed by atoms with Crippen molar-refractivity contribution < 1.29 is 4.74 Å². The van der Waals surface area contributed by atoms with Gasteiger partial charge < -0.3 is 4.74 Å². The maximum Gasteiger partial charge on any atom is 0.108 e. The van der Waals surface area contributed by atoms with E-state index in [1.807, 2.05) is 0 Å². The van der Waals surface area contributed by atoms with Crippen LogP contribution in [0.5, 0.6) is 0 Å². The predicted octanol–water partition coefficient (Wildman–Crippen LogP) is 4.32. The number of ether oxygens (including phenoxy) is 1. The lowest BCUT2D eigenvalue weighted by molar-refractivity contribution is -0.00480. The van der Waals surface area contributed by atoms with Crippen molar-refractivity contribution in [2.75, 3.05) is 0 Å². The van der Waals surface area contributed by atoms with E-state index in [1.54, 1.807) is 0 Å². The molecular formula is C13H26OS. The second-order valence-corrected chi connectivity index (χ2v) is 7.25. The first-order chi connectivity index (χ1) is 6.86. The normalized spacial score (nSPS) is 32.6. The predicted molar refractivity (Wildman–Crippen MR) is 69.2 cm³/mol. The van der Waals surface area contributed by atoms with Crippen molar-refractivity contribution in [2.45, 2.75) is 71.2 Å². The molecule has 1 nitrogen and oxygen atoms in total. The second kappa shape index (κ2) is 5.09. The van der Waals surface area contributed by atoms with E-state index >= 15 is 0 Å². The van der Waals surface area contributed by atoms with Crippen molar-refractivity contribution in [3.05, 3.63) is 0 Å². The monoisotopic (exact) mass is 230 g/mol. The average Bonchev–Trinajstić information content (AvgIpc) is 2.48. The van der Waals surface area contributed by atoms with Crippen molar-refractivity contribution >= 4 is 11.8 Å². The summed E-state index contributed by atoms with van der Waals surface area (Å²) in [5.41, 5.74) is 0.641. The Morgan fingerprint density at radius 3 is 2.27 bits per heavy atom. The van der Waals surface area contributed by atoms with Gasteiger partial charge in [-0.25, -0.2) is 0 Å². The Kier molecular flexibility index (Phi) is 4.54. The van der Waals surface area contributed by atoms with E-state index in [0.717, 1.165) is 5.92 Å². The van der Waals surface area contributed by atoms with Gasteiger partial charge in [-0.1, -0.05) is 48.0 Å². The van der Waals surface area contributed by atoms with Gasteiger partial charge in [-0.3, -0.25) is 0 Å². The standard InChI is InChI=1S/C13H26OS/c1-7-8-10-11(9(2)3)15-12(14-10)13(4,5)6/h9-12H,7-8H2,1-6H3. The molecule has 0 amide bonds. The van der Waals surface area contributed by atoms with Gasteiger partial charge in [0.2, 0.25) is 0 Å². The molecule has 1 heterocycles. The Bertz CT molecular complexity index is 195. The molecule has 0 radical (unpaired) electrons. The lowest BCUT2D eigenvalue weighted by atomic mass is 9.97. The van der Waals surface area contributed by atoms with Crippen LogP contribution in [-0.4, -0.2) is 16.8 Å². The molecule has 1 rings (SSSR count). The number of thioether (sulfide) groups is 1. The fourth-order valence-corrected chi connectivity index (χ4v) is 3.60. The molecule has 0 spiro atoms. The van der Waals surface area contributed by atoms with E-state index in [4.69, 9.17) is 4.74 Å². The zero-order chi connectivity index (χ0) is 11.6. The van der Waals surface area contributed by atoms with Crippen LogP contribution >= 0.6 is 11.8 Å². The largest absolute Gasteiger partial charge is 0.363 e. The Hall–Kier alpha value is 0.310. The molecule has 3 atom stereocenters. The minimum absolute atomic E-state index is 0.264. The molecule has 2 heteroatoms. The minimum Gasteiger partial charge on any atom is -0.363 e. The molecule has 90 valence electrons. The first-order valence-electron chi connectivity index (χ1n) is 6.17. The highest BCUT2D eigenvalue weighted by Gasteiger charge is 2.41. The minimum atomic E-state index is 0.264. The van der Waals surface area contributed by atoms with Crippen LogP contribution in [0.25, 0.3) is 0 Å². The summed E-state index contributed by atoms with van der Waals surface area (Å²) in [6, 6.07) is 0. The van der Waals surface area contributed by atoms with Crippen molar-refractivity contribution in [1.29, 1.82) is 0 Å². The molecule has 1 fully saturated rings. The summed E-state index contributed by atoms with van der Waals surface area (Å²) in [7, 11) is 0. The summed E-state index contributed by atoms with van der Waals surface area (Å²) >= 11 is 2.05. The van der Waals surface area contributed by atoms with Crippen molar-refractivity contribution in [1.82, 2.24) is 0 Å². The Morgan fingerprint density at radius 2 is 1.87 bits per heavy atom. The van der Waals surface area contributed by atoms with Crippen LogP contribution in [0.15, 0.2) is 0 Å². The molecule has 1 aliphatic heterocycles. The highest BCUT2D eigenvalue weighted by atomic mass is 32.2. The number of hydrogen-bond donors (Lipinski definition) is 0. The van der Waals surface area contributed by atoms with E-state index in [2.05, 4.69) is 53.3 Å². The van der Waals surface area contributed by atoms with E-state index in [0.29, 0.717) is 16.8 Å². The van der Waals surface area contributed by atoms with Crippen LogP contribution < -0.4 is 0 Å². The van der Waals surface area contributed by atoms with Gasteiger partial charge in [0.25, 0.3) is 0 Å².